The summed E-state index contributed by atoms with van der Waals surface area (Å²) >= 11 is 0. The molecule has 2 N–H and O–H groups in total. The highest BCUT2D eigenvalue weighted by Crippen LogP contribution is 2.28. The van der Waals surface area contributed by atoms with Crippen LogP contribution < -0.4 is 10.5 Å². The van der Waals surface area contributed by atoms with Crippen molar-refractivity contribution in [3.63, 3.8) is 0 Å². The quantitative estimate of drug-likeness (QED) is 0.923. The molecule has 0 aromatic heterocycles. The Labute approximate surface area is 119 Å². The summed E-state index contributed by atoms with van der Waals surface area (Å²) < 4.78 is 42.4. The molecule has 0 saturated heterocycles. The molecule has 6 heteroatoms. The lowest BCUT2D eigenvalue weighted by Gasteiger charge is -2.28. The van der Waals surface area contributed by atoms with E-state index < -0.39 is 15.7 Å². The van der Waals surface area contributed by atoms with Crippen LogP contribution in [0.25, 0.3) is 0 Å². The van der Waals surface area contributed by atoms with Gasteiger partial charge in [-0.1, -0.05) is 0 Å². The van der Waals surface area contributed by atoms with Gasteiger partial charge in [0, 0.05) is 25.3 Å². The Hall–Kier alpha value is -1.14. The number of nitrogens with two attached hydrogens (primary N) is 1. The van der Waals surface area contributed by atoms with Crippen LogP contribution in [0.5, 0.6) is 5.75 Å². The molecule has 0 heterocycles. The van der Waals surface area contributed by atoms with Crippen molar-refractivity contribution in [2.75, 3.05) is 6.26 Å². The summed E-state index contributed by atoms with van der Waals surface area (Å²) in [7, 11) is -3.05. The zero-order valence-corrected chi connectivity index (χ0v) is 12.3. The standard InChI is InChI=1S/C14H20FNO3S/c1-20(17,18)14-4-2-3-12(8-14)19-13-6-10(9-16)5-11(15)7-13/h5-7,12,14H,2-4,8-9,16H2,1H3. The van der Waals surface area contributed by atoms with E-state index in [1.807, 2.05) is 0 Å². The van der Waals surface area contributed by atoms with Crippen molar-refractivity contribution in [1.82, 2.24) is 0 Å². The van der Waals surface area contributed by atoms with Crippen LogP contribution >= 0.6 is 0 Å². The van der Waals surface area contributed by atoms with Crippen LogP contribution in [0.1, 0.15) is 31.2 Å². The number of benzene rings is 1. The molecular formula is C14H20FNO3S. The topological polar surface area (TPSA) is 69.4 Å². The summed E-state index contributed by atoms with van der Waals surface area (Å²) in [5.74, 6) is 0.0306. The highest BCUT2D eigenvalue weighted by molar-refractivity contribution is 7.91. The van der Waals surface area contributed by atoms with Gasteiger partial charge in [-0.15, -0.1) is 0 Å². The van der Waals surface area contributed by atoms with Crippen molar-refractivity contribution in [3.05, 3.63) is 29.6 Å². The first-order valence-electron chi connectivity index (χ1n) is 6.73. The normalized spacial score (nSPS) is 23.6. The highest BCUT2D eigenvalue weighted by atomic mass is 32.2. The summed E-state index contributed by atoms with van der Waals surface area (Å²) in [5.41, 5.74) is 6.16. The maximum absolute atomic E-state index is 13.4. The number of hydrogen-bond acceptors (Lipinski definition) is 4. The Kier molecular flexibility index (Phi) is 4.65. The third kappa shape index (κ3) is 3.93. The van der Waals surface area contributed by atoms with Gasteiger partial charge in [-0.2, -0.15) is 0 Å². The third-order valence-electron chi connectivity index (χ3n) is 3.65. The van der Waals surface area contributed by atoms with E-state index in [0.717, 1.165) is 12.8 Å². The molecule has 0 aliphatic heterocycles. The second-order valence-electron chi connectivity index (χ2n) is 5.36. The molecule has 1 fully saturated rings. The van der Waals surface area contributed by atoms with Crippen LogP contribution in [0.15, 0.2) is 18.2 Å². The molecule has 1 aromatic carbocycles. The van der Waals surface area contributed by atoms with Gasteiger partial charge in [-0.05, 0) is 37.0 Å². The van der Waals surface area contributed by atoms with Crippen LogP contribution in [0.4, 0.5) is 4.39 Å². The van der Waals surface area contributed by atoms with Gasteiger partial charge in [0.2, 0.25) is 0 Å². The van der Waals surface area contributed by atoms with Gasteiger partial charge in [-0.25, -0.2) is 12.8 Å². The van der Waals surface area contributed by atoms with E-state index in [-0.39, 0.29) is 17.9 Å². The van der Waals surface area contributed by atoms with Crippen LogP contribution in [-0.4, -0.2) is 26.0 Å². The maximum atomic E-state index is 13.4. The summed E-state index contributed by atoms with van der Waals surface area (Å²) in [4.78, 5) is 0. The fraction of sp³-hybridized carbons (Fsp3) is 0.571. The fourth-order valence-corrected chi connectivity index (χ4v) is 3.76. The Bertz CT molecular complexity index is 574. The van der Waals surface area contributed by atoms with Gasteiger partial charge in [0.1, 0.15) is 21.4 Å². The van der Waals surface area contributed by atoms with E-state index in [9.17, 15) is 12.8 Å². The zero-order chi connectivity index (χ0) is 14.8. The van der Waals surface area contributed by atoms with Crippen LogP contribution in [-0.2, 0) is 16.4 Å². The van der Waals surface area contributed by atoms with Crippen molar-refractivity contribution in [2.45, 2.75) is 43.6 Å². The lowest BCUT2D eigenvalue weighted by Crippen LogP contribution is -2.33. The van der Waals surface area contributed by atoms with Crippen molar-refractivity contribution < 1.29 is 17.5 Å². The Morgan fingerprint density at radius 3 is 2.75 bits per heavy atom. The number of sulfone groups is 1. The predicted molar refractivity (Wildman–Crippen MR) is 75.8 cm³/mol. The highest BCUT2D eigenvalue weighted by Gasteiger charge is 2.30. The van der Waals surface area contributed by atoms with E-state index in [0.29, 0.717) is 24.2 Å². The molecule has 0 spiro atoms. The van der Waals surface area contributed by atoms with Gasteiger partial charge in [0.05, 0.1) is 11.4 Å². The van der Waals surface area contributed by atoms with Crippen molar-refractivity contribution in [1.29, 1.82) is 0 Å². The molecule has 2 rings (SSSR count). The molecule has 0 amide bonds. The molecule has 1 aliphatic carbocycles. The zero-order valence-electron chi connectivity index (χ0n) is 11.5. The van der Waals surface area contributed by atoms with Crippen LogP contribution in [0.3, 0.4) is 0 Å². The molecule has 0 bridgehead atoms. The van der Waals surface area contributed by atoms with Crippen LogP contribution in [0.2, 0.25) is 0 Å². The summed E-state index contributed by atoms with van der Waals surface area (Å²) in [6, 6.07) is 4.38. The number of ether oxygens (including phenoxy) is 1. The average Bonchev–Trinajstić information content (AvgIpc) is 2.37. The number of rotatable bonds is 4. The van der Waals surface area contributed by atoms with Gasteiger partial charge in [-0.3, -0.25) is 0 Å². The molecule has 2 unspecified atom stereocenters. The van der Waals surface area contributed by atoms with E-state index >= 15 is 0 Å². The van der Waals surface area contributed by atoms with E-state index in [4.69, 9.17) is 10.5 Å². The van der Waals surface area contributed by atoms with Crippen molar-refractivity contribution >= 4 is 9.84 Å². The fourth-order valence-electron chi connectivity index (χ4n) is 2.60. The Morgan fingerprint density at radius 2 is 2.10 bits per heavy atom. The molecule has 0 radical (unpaired) electrons. The summed E-state index contributed by atoms with van der Waals surface area (Å²) in [6.07, 6.45) is 3.82. The second-order valence-corrected chi connectivity index (χ2v) is 7.68. The number of halogens is 1. The van der Waals surface area contributed by atoms with Gasteiger partial charge in [0.25, 0.3) is 0 Å². The summed E-state index contributed by atoms with van der Waals surface area (Å²) in [6.45, 7) is 0.241. The molecule has 1 aromatic rings. The first-order valence-corrected chi connectivity index (χ1v) is 8.69. The molecule has 20 heavy (non-hydrogen) atoms. The molecule has 2 atom stereocenters. The third-order valence-corrected chi connectivity index (χ3v) is 5.29. The molecule has 112 valence electrons. The molecule has 4 nitrogen and oxygen atoms in total. The van der Waals surface area contributed by atoms with Crippen LogP contribution in [0, 0.1) is 5.82 Å². The SMILES string of the molecule is CS(=O)(=O)C1CCCC(Oc2cc(F)cc(CN)c2)C1. The maximum Gasteiger partial charge on any atom is 0.150 e. The van der Waals surface area contributed by atoms with E-state index in [2.05, 4.69) is 0 Å². The van der Waals surface area contributed by atoms with E-state index in [1.165, 1.54) is 18.4 Å². The second kappa shape index (κ2) is 6.10. The minimum atomic E-state index is -3.05. The van der Waals surface area contributed by atoms with Gasteiger partial charge >= 0.3 is 0 Å². The Morgan fingerprint density at radius 1 is 1.35 bits per heavy atom. The lowest BCUT2D eigenvalue weighted by atomic mass is 9.97. The first-order chi connectivity index (χ1) is 9.38. The Balaban J connectivity index is 2.08. The number of hydrogen-bond donors (Lipinski definition) is 1. The van der Waals surface area contributed by atoms with E-state index in [1.54, 1.807) is 6.07 Å². The molecular weight excluding hydrogens is 281 g/mol. The first kappa shape index (κ1) is 15.3. The lowest BCUT2D eigenvalue weighted by molar-refractivity contribution is 0.155. The minimum absolute atomic E-state index is 0.184. The smallest absolute Gasteiger partial charge is 0.150 e. The van der Waals surface area contributed by atoms with Crippen molar-refractivity contribution in [2.24, 2.45) is 5.73 Å². The molecule has 1 saturated carbocycles. The van der Waals surface area contributed by atoms with Crippen molar-refractivity contribution in [3.8, 4) is 5.75 Å². The van der Waals surface area contributed by atoms with Gasteiger partial charge < -0.3 is 10.5 Å². The average molecular weight is 301 g/mol. The largest absolute Gasteiger partial charge is 0.490 e. The monoisotopic (exact) mass is 301 g/mol. The summed E-state index contributed by atoms with van der Waals surface area (Å²) in [5, 5.41) is -0.358. The predicted octanol–water partition coefficient (Wildman–Crippen LogP) is 2.02. The minimum Gasteiger partial charge on any atom is -0.490 e. The van der Waals surface area contributed by atoms with Gasteiger partial charge in [0.15, 0.2) is 0 Å². The molecule has 1 aliphatic rings.